The molecule has 0 aromatic heterocycles. The quantitative estimate of drug-likeness (QED) is 0.324. The Hall–Kier alpha value is -1.51. The number of nitrogens with zero attached hydrogens (tertiary/aromatic N) is 1. The van der Waals surface area contributed by atoms with Crippen molar-refractivity contribution < 1.29 is 9.94 Å². The summed E-state index contributed by atoms with van der Waals surface area (Å²) in [4.78, 5) is 0. The van der Waals surface area contributed by atoms with Crippen LogP contribution in [0.5, 0.6) is 5.75 Å². The molecule has 1 aromatic carbocycles. The van der Waals surface area contributed by atoms with E-state index in [0.29, 0.717) is 5.71 Å². The third-order valence-electron chi connectivity index (χ3n) is 3.18. The topological polar surface area (TPSA) is 41.8 Å². The van der Waals surface area contributed by atoms with E-state index in [1.807, 2.05) is 25.1 Å². The van der Waals surface area contributed by atoms with Crippen LogP contribution in [0.3, 0.4) is 0 Å². The van der Waals surface area contributed by atoms with Gasteiger partial charge < -0.3 is 9.94 Å². The minimum absolute atomic E-state index is 0.588. The lowest BCUT2D eigenvalue weighted by atomic mass is 10.1. The summed E-state index contributed by atoms with van der Waals surface area (Å²) in [7, 11) is 0. The number of benzene rings is 1. The van der Waals surface area contributed by atoms with E-state index in [-0.39, 0.29) is 0 Å². The van der Waals surface area contributed by atoms with Gasteiger partial charge in [-0.05, 0) is 32.4 Å². The number of oxime groups is 1. The van der Waals surface area contributed by atoms with Crippen LogP contribution in [0.2, 0.25) is 0 Å². The SMILES string of the molecule is CCCCCCCOc1ccc(C)cc1/C(C)=N/O. The summed E-state index contributed by atoms with van der Waals surface area (Å²) in [5, 5.41) is 12.2. The van der Waals surface area contributed by atoms with E-state index < -0.39 is 0 Å². The number of rotatable bonds is 8. The van der Waals surface area contributed by atoms with Gasteiger partial charge in [-0.3, -0.25) is 0 Å². The van der Waals surface area contributed by atoms with Crippen LogP contribution in [0.4, 0.5) is 0 Å². The average Bonchev–Trinajstić information content (AvgIpc) is 2.43. The molecule has 0 aliphatic rings. The fraction of sp³-hybridized carbons (Fsp3) is 0.562. The van der Waals surface area contributed by atoms with Crippen LogP contribution < -0.4 is 4.74 Å². The van der Waals surface area contributed by atoms with Gasteiger partial charge in [-0.25, -0.2) is 0 Å². The van der Waals surface area contributed by atoms with Crippen molar-refractivity contribution in [1.82, 2.24) is 0 Å². The van der Waals surface area contributed by atoms with Gasteiger partial charge in [-0.1, -0.05) is 49.4 Å². The van der Waals surface area contributed by atoms with Gasteiger partial charge in [0.1, 0.15) is 5.75 Å². The molecular weight excluding hydrogens is 238 g/mol. The summed E-state index contributed by atoms with van der Waals surface area (Å²) in [5.41, 5.74) is 2.59. The molecule has 0 spiro atoms. The smallest absolute Gasteiger partial charge is 0.128 e. The molecule has 3 nitrogen and oxygen atoms in total. The Labute approximate surface area is 116 Å². The van der Waals surface area contributed by atoms with Crippen LogP contribution in [-0.4, -0.2) is 17.5 Å². The summed E-state index contributed by atoms with van der Waals surface area (Å²) in [5.74, 6) is 0.802. The Morgan fingerprint density at radius 2 is 1.95 bits per heavy atom. The predicted molar refractivity (Wildman–Crippen MR) is 79.4 cm³/mol. The highest BCUT2D eigenvalue weighted by Crippen LogP contribution is 2.21. The number of hydrogen-bond donors (Lipinski definition) is 1. The van der Waals surface area contributed by atoms with Crippen molar-refractivity contribution in [3.8, 4) is 5.75 Å². The lowest BCUT2D eigenvalue weighted by Crippen LogP contribution is -2.04. The van der Waals surface area contributed by atoms with Crippen molar-refractivity contribution in [2.75, 3.05) is 6.61 Å². The minimum atomic E-state index is 0.588. The van der Waals surface area contributed by atoms with Gasteiger partial charge in [0.05, 0.1) is 12.3 Å². The molecule has 0 radical (unpaired) electrons. The first kappa shape index (κ1) is 15.5. The molecule has 0 amide bonds. The van der Waals surface area contributed by atoms with Gasteiger partial charge in [0.25, 0.3) is 0 Å². The van der Waals surface area contributed by atoms with Crippen LogP contribution >= 0.6 is 0 Å². The number of hydrogen-bond acceptors (Lipinski definition) is 3. The molecule has 0 unspecified atom stereocenters. The fourth-order valence-electron chi connectivity index (χ4n) is 1.99. The van der Waals surface area contributed by atoms with Crippen molar-refractivity contribution in [3.63, 3.8) is 0 Å². The summed E-state index contributed by atoms with van der Waals surface area (Å²) in [6, 6.07) is 5.95. The van der Waals surface area contributed by atoms with Gasteiger partial charge in [-0.2, -0.15) is 0 Å². The van der Waals surface area contributed by atoms with Crippen molar-refractivity contribution in [1.29, 1.82) is 0 Å². The first-order valence-corrected chi connectivity index (χ1v) is 7.11. The molecule has 1 aromatic rings. The fourth-order valence-corrected chi connectivity index (χ4v) is 1.99. The molecule has 19 heavy (non-hydrogen) atoms. The third kappa shape index (κ3) is 5.33. The summed E-state index contributed by atoms with van der Waals surface area (Å²) < 4.78 is 5.80. The average molecular weight is 263 g/mol. The van der Waals surface area contributed by atoms with Crippen molar-refractivity contribution in [2.24, 2.45) is 5.16 Å². The highest BCUT2D eigenvalue weighted by Gasteiger charge is 2.07. The van der Waals surface area contributed by atoms with E-state index in [2.05, 4.69) is 12.1 Å². The second-order valence-electron chi connectivity index (χ2n) is 4.95. The summed E-state index contributed by atoms with van der Waals surface area (Å²) in [6.45, 7) is 6.73. The zero-order valence-electron chi connectivity index (χ0n) is 12.3. The molecule has 3 heteroatoms. The van der Waals surface area contributed by atoms with Gasteiger partial charge >= 0.3 is 0 Å². The maximum atomic E-state index is 8.90. The van der Waals surface area contributed by atoms with Gasteiger partial charge in [0, 0.05) is 5.56 Å². The lowest BCUT2D eigenvalue weighted by molar-refractivity contribution is 0.302. The van der Waals surface area contributed by atoms with Gasteiger partial charge in [-0.15, -0.1) is 0 Å². The van der Waals surface area contributed by atoms with E-state index in [4.69, 9.17) is 9.94 Å². The number of ether oxygens (including phenoxy) is 1. The standard InChI is InChI=1S/C16H25NO2/c1-4-5-6-7-8-11-19-16-10-9-13(2)12-15(16)14(3)17-18/h9-10,12,18H,4-8,11H2,1-3H3/b17-14+. The Balaban J connectivity index is 2.53. The molecule has 0 heterocycles. The first-order chi connectivity index (χ1) is 9.19. The maximum absolute atomic E-state index is 8.90. The van der Waals surface area contributed by atoms with E-state index in [9.17, 15) is 0 Å². The summed E-state index contributed by atoms with van der Waals surface area (Å²) in [6.07, 6.45) is 6.11. The van der Waals surface area contributed by atoms with E-state index in [1.165, 1.54) is 25.7 Å². The van der Waals surface area contributed by atoms with Crippen molar-refractivity contribution >= 4 is 5.71 Å². The molecule has 0 saturated heterocycles. The molecule has 0 fully saturated rings. The van der Waals surface area contributed by atoms with Crippen LogP contribution in [0, 0.1) is 6.92 Å². The molecule has 0 bridgehead atoms. The monoisotopic (exact) mass is 263 g/mol. The normalized spacial score (nSPS) is 11.6. The largest absolute Gasteiger partial charge is 0.493 e. The summed E-state index contributed by atoms with van der Waals surface area (Å²) >= 11 is 0. The Morgan fingerprint density at radius 3 is 2.63 bits per heavy atom. The second-order valence-corrected chi connectivity index (χ2v) is 4.95. The molecule has 1 N–H and O–H groups in total. The van der Waals surface area contributed by atoms with Crippen LogP contribution in [0.1, 0.15) is 57.1 Å². The van der Waals surface area contributed by atoms with Crippen molar-refractivity contribution in [2.45, 2.75) is 52.9 Å². The van der Waals surface area contributed by atoms with Crippen LogP contribution in [0.15, 0.2) is 23.4 Å². The zero-order valence-corrected chi connectivity index (χ0v) is 12.3. The highest BCUT2D eigenvalue weighted by atomic mass is 16.5. The van der Waals surface area contributed by atoms with Gasteiger partial charge in [0.15, 0.2) is 0 Å². The maximum Gasteiger partial charge on any atom is 0.128 e. The minimum Gasteiger partial charge on any atom is -0.493 e. The van der Waals surface area contributed by atoms with E-state index in [1.54, 1.807) is 6.92 Å². The third-order valence-corrected chi connectivity index (χ3v) is 3.18. The molecule has 106 valence electrons. The Bertz CT molecular complexity index is 413. The number of unbranched alkanes of at least 4 members (excludes halogenated alkanes) is 4. The lowest BCUT2D eigenvalue weighted by Gasteiger charge is -2.11. The molecular formula is C16H25NO2. The molecule has 0 atom stereocenters. The van der Waals surface area contributed by atoms with E-state index in [0.717, 1.165) is 29.9 Å². The Morgan fingerprint density at radius 1 is 1.21 bits per heavy atom. The molecule has 1 rings (SSSR count). The molecule has 0 aliphatic heterocycles. The number of aryl methyl sites for hydroxylation is 1. The van der Waals surface area contributed by atoms with E-state index >= 15 is 0 Å². The predicted octanol–water partition coefficient (Wildman–Crippen LogP) is 4.54. The Kier molecular flexibility index (Phi) is 7.01. The van der Waals surface area contributed by atoms with Gasteiger partial charge in [0.2, 0.25) is 0 Å². The van der Waals surface area contributed by atoms with Crippen LogP contribution in [-0.2, 0) is 0 Å². The molecule has 0 aliphatic carbocycles. The molecule has 0 saturated carbocycles. The highest BCUT2D eigenvalue weighted by molar-refractivity contribution is 6.00. The second kappa shape index (κ2) is 8.57. The van der Waals surface area contributed by atoms with Crippen molar-refractivity contribution in [3.05, 3.63) is 29.3 Å². The zero-order chi connectivity index (χ0) is 14.1. The van der Waals surface area contributed by atoms with Crippen LogP contribution in [0.25, 0.3) is 0 Å². The first-order valence-electron chi connectivity index (χ1n) is 7.11.